The molecule has 0 radical (unpaired) electrons. The Kier molecular flexibility index (Phi) is 9.14. The van der Waals surface area contributed by atoms with E-state index in [0.29, 0.717) is 29.6 Å². The van der Waals surface area contributed by atoms with E-state index >= 15 is 0 Å². The second-order valence-electron chi connectivity index (χ2n) is 15.7. The lowest BCUT2D eigenvalue weighted by atomic mass is 9.47. The van der Waals surface area contributed by atoms with Gasteiger partial charge in [-0.25, -0.2) is 0 Å². The average Bonchev–Trinajstić information content (AvgIpc) is 3.28. The first-order valence-electron chi connectivity index (χ1n) is 17.2. The topological polar surface area (TPSA) is 138 Å². The first kappa shape index (κ1) is 32.6. The fourth-order valence-electron chi connectivity index (χ4n) is 10.8. The molecule has 4 fully saturated rings. The number of nitrogens with zero attached hydrogens (tertiary/aromatic N) is 1. The van der Waals surface area contributed by atoms with Gasteiger partial charge in [0.15, 0.2) is 6.29 Å². The molecule has 4 N–H and O–H groups in total. The van der Waals surface area contributed by atoms with Crippen molar-refractivity contribution in [3.8, 4) is 0 Å². The molecule has 3 saturated carbocycles. The zero-order chi connectivity index (χ0) is 31.6. The van der Waals surface area contributed by atoms with Gasteiger partial charge in [-0.3, -0.25) is 9.79 Å². The van der Waals surface area contributed by atoms with Gasteiger partial charge in [0.25, 0.3) is 0 Å². The van der Waals surface area contributed by atoms with E-state index in [-0.39, 0.29) is 34.9 Å². The molecule has 9 nitrogen and oxygen atoms in total. The lowest BCUT2D eigenvalue weighted by molar-refractivity contribution is -0.313. The van der Waals surface area contributed by atoms with E-state index < -0.39 is 37.3 Å². The Hall–Kier alpha value is -1.36. The van der Waals surface area contributed by atoms with E-state index in [1.165, 1.54) is 17.7 Å². The predicted octanol–water partition coefficient (Wildman–Crippen LogP) is 3.80. The molecule has 0 aromatic carbocycles. The summed E-state index contributed by atoms with van der Waals surface area (Å²) in [5.41, 5.74) is 2.89. The van der Waals surface area contributed by atoms with Crippen molar-refractivity contribution in [3.63, 3.8) is 0 Å². The van der Waals surface area contributed by atoms with Crippen LogP contribution in [0.25, 0.3) is 0 Å². The number of carbonyl (C=O) groups is 1. The fraction of sp³-hybridized carbons (Fsp3) is 0.886. The van der Waals surface area contributed by atoms with Gasteiger partial charge in [-0.2, -0.15) is 0 Å². The van der Waals surface area contributed by atoms with E-state index in [4.69, 9.17) is 19.2 Å². The monoisotopic (exact) mass is 617 g/mol. The minimum Gasteiger partial charge on any atom is -0.462 e. The number of aliphatic hydroxyl groups is 4. The molecule has 0 bridgehead atoms. The van der Waals surface area contributed by atoms with Crippen LogP contribution in [0.2, 0.25) is 0 Å². The van der Waals surface area contributed by atoms with Crippen LogP contribution < -0.4 is 0 Å². The first-order valence-corrected chi connectivity index (χ1v) is 17.2. The molecule has 0 unspecified atom stereocenters. The van der Waals surface area contributed by atoms with Gasteiger partial charge in [0, 0.05) is 31.0 Å². The summed E-state index contributed by atoms with van der Waals surface area (Å²) in [7, 11) is 0. The first-order chi connectivity index (χ1) is 20.9. The zero-order valence-corrected chi connectivity index (χ0v) is 27.2. The maximum Gasteiger partial charge on any atom is 0.302 e. The number of fused-ring (bicyclic) bond motifs is 5. The third-order valence-corrected chi connectivity index (χ3v) is 13.2. The number of aliphatic hydroxyl groups excluding tert-OH is 4. The molecule has 0 aromatic heterocycles. The highest BCUT2D eigenvalue weighted by atomic mass is 16.7. The van der Waals surface area contributed by atoms with Gasteiger partial charge in [0.05, 0.1) is 12.7 Å². The third kappa shape index (κ3) is 5.51. The summed E-state index contributed by atoms with van der Waals surface area (Å²) >= 11 is 0. The van der Waals surface area contributed by atoms with Crippen molar-refractivity contribution in [3.05, 3.63) is 11.6 Å². The number of carbonyl (C=O) groups excluding carboxylic acids is 1. The van der Waals surface area contributed by atoms with Crippen molar-refractivity contribution in [2.75, 3.05) is 13.2 Å². The molecular weight excluding hydrogens is 562 g/mol. The molecule has 15 atom stereocenters. The van der Waals surface area contributed by atoms with Gasteiger partial charge in [0.2, 0.25) is 0 Å². The highest BCUT2D eigenvalue weighted by Crippen LogP contribution is 2.67. The SMILES string of the molecule is CC(=O)O[C@H]1C[C@H]2[C@@H]3CC=C4C[C@H](O[C@@H]5O[C@H](CO)[C@@H](O)[C@H](O)[C@H]5O)CC[C@]4(C)[C@H]3CC[C@]2(C)[C@@H]1[C@H](C)C1=NC[C@H](C)CC1. The van der Waals surface area contributed by atoms with Crippen molar-refractivity contribution in [1.29, 1.82) is 0 Å². The minimum atomic E-state index is -1.44. The van der Waals surface area contributed by atoms with Crippen molar-refractivity contribution in [1.82, 2.24) is 0 Å². The Balaban J connectivity index is 1.20. The van der Waals surface area contributed by atoms with Crippen LogP contribution >= 0.6 is 0 Å². The highest BCUT2D eigenvalue weighted by molar-refractivity contribution is 5.87. The summed E-state index contributed by atoms with van der Waals surface area (Å²) in [6, 6.07) is 0. The van der Waals surface area contributed by atoms with Gasteiger partial charge in [-0.05, 0) is 92.3 Å². The molecule has 248 valence electrons. The molecule has 4 aliphatic carbocycles. The predicted molar refractivity (Wildman–Crippen MR) is 165 cm³/mol. The number of esters is 1. The Labute approximate surface area is 262 Å². The summed E-state index contributed by atoms with van der Waals surface area (Å²) in [6.45, 7) is 11.5. The van der Waals surface area contributed by atoms with Gasteiger partial charge in [-0.1, -0.05) is 39.3 Å². The molecule has 2 heterocycles. The van der Waals surface area contributed by atoms with E-state index in [1.54, 1.807) is 6.92 Å². The van der Waals surface area contributed by atoms with Gasteiger partial charge < -0.3 is 34.6 Å². The van der Waals surface area contributed by atoms with Crippen LogP contribution in [0.1, 0.15) is 92.4 Å². The summed E-state index contributed by atoms with van der Waals surface area (Å²) in [5, 5.41) is 40.5. The van der Waals surface area contributed by atoms with Crippen LogP contribution in [0.4, 0.5) is 0 Å². The van der Waals surface area contributed by atoms with Crippen molar-refractivity contribution in [2.45, 2.75) is 135 Å². The number of hydrogen-bond donors (Lipinski definition) is 4. The van der Waals surface area contributed by atoms with E-state index in [1.807, 2.05) is 0 Å². The molecule has 6 rings (SSSR count). The second kappa shape index (κ2) is 12.3. The van der Waals surface area contributed by atoms with Crippen LogP contribution in [0.3, 0.4) is 0 Å². The molecule has 6 aliphatic rings. The molecule has 2 aliphatic heterocycles. The minimum absolute atomic E-state index is 0.0592. The van der Waals surface area contributed by atoms with Crippen molar-refractivity contribution >= 4 is 11.7 Å². The number of aliphatic imine (C=N–C) groups is 1. The van der Waals surface area contributed by atoms with Crippen LogP contribution in [0.15, 0.2) is 16.6 Å². The summed E-state index contributed by atoms with van der Waals surface area (Å²) < 4.78 is 18.0. The Morgan fingerprint density at radius 3 is 2.57 bits per heavy atom. The molecule has 0 spiro atoms. The molecule has 9 heteroatoms. The van der Waals surface area contributed by atoms with Gasteiger partial charge in [0.1, 0.15) is 30.5 Å². The summed E-state index contributed by atoms with van der Waals surface area (Å²) in [5.74, 6) is 2.62. The van der Waals surface area contributed by atoms with Crippen LogP contribution in [0, 0.1) is 46.3 Å². The van der Waals surface area contributed by atoms with Gasteiger partial charge >= 0.3 is 5.97 Å². The molecule has 0 amide bonds. The molecule has 44 heavy (non-hydrogen) atoms. The number of hydrogen-bond acceptors (Lipinski definition) is 9. The number of allylic oxidation sites excluding steroid dienone is 1. The third-order valence-electron chi connectivity index (χ3n) is 13.2. The standard InChI is InChI=1S/C35H55NO8/c1-18-6-9-26(36-16-18)19(2)29-27(42-20(3)38)15-25-23-8-7-21-14-22(10-12-34(21,4)24(23)11-13-35(25,29)5)43-33-32(41)31(40)30(39)28(17-37)44-33/h7,18-19,22-25,27-33,37,39-41H,6,8-17H2,1-5H3/t18-,19-,22-,23-,24+,25+,27+,28-,29-,30-,31+,32-,33-,34+,35+/m1/s1. The summed E-state index contributed by atoms with van der Waals surface area (Å²) in [4.78, 5) is 17.4. The molecule has 1 saturated heterocycles. The average molecular weight is 618 g/mol. The Morgan fingerprint density at radius 1 is 1.11 bits per heavy atom. The van der Waals surface area contributed by atoms with Crippen LogP contribution in [0.5, 0.6) is 0 Å². The number of ether oxygens (including phenoxy) is 3. The summed E-state index contributed by atoms with van der Waals surface area (Å²) in [6.07, 6.45) is 4.89. The fourth-order valence-corrected chi connectivity index (χ4v) is 10.8. The van der Waals surface area contributed by atoms with E-state index in [2.05, 4.69) is 33.8 Å². The zero-order valence-electron chi connectivity index (χ0n) is 27.2. The largest absolute Gasteiger partial charge is 0.462 e. The lowest BCUT2D eigenvalue weighted by Gasteiger charge is -2.58. The Bertz CT molecular complexity index is 1140. The highest BCUT2D eigenvalue weighted by Gasteiger charge is 2.63. The van der Waals surface area contributed by atoms with Crippen LogP contribution in [-0.2, 0) is 19.0 Å². The quantitative estimate of drug-likeness (QED) is 0.261. The second-order valence-corrected chi connectivity index (χ2v) is 15.7. The maximum absolute atomic E-state index is 12.3. The molecular formula is C35H55NO8. The van der Waals surface area contributed by atoms with E-state index in [0.717, 1.165) is 57.9 Å². The van der Waals surface area contributed by atoms with E-state index in [9.17, 15) is 25.2 Å². The number of rotatable bonds is 6. The smallest absolute Gasteiger partial charge is 0.302 e. The van der Waals surface area contributed by atoms with Crippen molar-refractivity contribution in [2.24, 2.45) is 51.3 Å². The molecule has 0 aromatic rings. The lowest BCUT2D eigenvalue weighted by Crippen LogP contribution is -2.60. The normalized spacial score (nSPS) is 49.6. The maximum atomic E-state index is 12.3. The van der Waals surface area contributed by atoms with Gasteiger partial charge in [-0.15, -0.1) is 0 Å². The Morgan fingerprint density at radius 2 is 1.89 bits per heavy atom. The van der Waals surface area contributed by atoms with Crippen LogP contribution in [-0.4, -0.2) is 88.2 Å². The van der Waals surface area contributed by atoms with Crippen molar-refractivity contribution < 1.29 is 39.4 Å².